The molecule has 0 spiro atoms. The predicted molar refractivity (Wildman–Crippen MR) is 95.0 cm³/mol. The Morgan fingerprint density at radius 1 is 1.08 bits per heavy atom. The molecule has 1 aromatic heterocycles. The van der Waals surface area contributed by atoms with Crippen LogP contribution in [-0.4, -0.2) is 34.0 Å². The number of carbonyl (C=O) groups is 1. The van der Waals surface area contributed by atoms with Gasteiger partial charge in [-0.3, -0.25) is 4.79 Å². The van der Waals surface area contributed by atoms with Crippen LogP contribution in [-0.2, 0) is 0 Å². The van der Waals surface area contributed by atoms with E-state index < -0.39 is 0 Å². The molecule has 5 nitrogen and oxygen atoms in total. The highest BCUT2D eigenvalue weighted by atomic mass is 16.5. The van der Waals surface area contributed by atoms with Gasteiger partial charge in [0.1, 0.15) is 0 Å². The zero-order valence-electron chi connectivity index (χ0n) is 14.1. The summed E-state index contributed by atoms with van der Waals surface area (Å²) in [5, 5.41) is 4.09. The third kappa shape index (κ3) is 3.05. The van der Waals surface area contributed by atoms with Gasteiger partial charge in [-0.15, -0.1) is 0 Å². The first-order valence-corrected chi connectivity index (χ1v) is 8.52. The van der Waals surface area contributed by atoms with Crippen molar-refractivity contribution in [2.24, 2.45) is 0 Å². The van der Waals surface area contributed by atoms with Crippen LogP contribution in [0.4, 0.5) is 0 Å². The molecule has 5 heteroatoms. The van der Waals surface area contributed by atoms with E-state index in [1.807, 2.05) is 60.4 Å². The van der Waals surface area contributed by atoms with Gasteiger partial charge in [0.2, 0.25) is 5.82 Å². The number of hydrogen-bond donors (Lipinski definition) is 0. The first-order chi connectivity index (χ1) is 12.2. The molecular formula is C20H19N3O2. The number of aromatic nitrogens is 2. The number of carbonyl (C=O) groups excluding carboxylic acids is 1. The van der Waals surface area contributed by atoms with Gasteiger partial charge in [-0.2, -0.15) is 4.98 Å². The first kappa shape index (κ1) is 15.6. The maximum Gasteiger partial charge on any atom is 0.259 e. The van der Waals surface area contributed by atoms with Gasteiger partial charge in [0, 0.05) is 18.7 Å². The van der Waals surface area contributed by atoms with Crippen molar-refractivity contribution in [2.75, 3.05) is 13.1 Å². The van der Waals surface area contributed by atoms with E-state index in [9.17, 15) is 4.79 Å². The van der Waals surface area contributed by atoms with Gasteiger partial charge in [-0.1, -0.05) is 41.1 Å². The lowest BCUT2D eigenvalue weighted by atomic mass is 10.1. The summed E-state index contributed by atoms with van der Waals surface area (Å²) in [7, 11) is 0. The number of nitrogens with zero attached hydrogens (tertiary/aromatic N) is 3. The second kappa shape index (κ2) is 6.51. The highest BCUT2D eigenvalue weighted by Crippen LogP contribution is 2.27. The number of amides is 1. The fraction of sp³-hybridized carbons (Fsp3) is 0.250. The molecule has 0 radical (unpaired) electrons. The molecule has 1 saturated heterocycles. The number of benzene rings is 2. The van der Waals surface area contributed by atoms with Crippen molar-refractivity contribution in [3.8, 4) is 22.8 Å². The molecular weight excluding hydrogens is 314 g/mol. The summed E-state index contributed by atoms with van der Waals surface area (Å²) < 4.78 is 5.47. The summed E-state index contributed by atoms with van der Waals surface area (Å²) in [5.41, 5.74) is 3.33. The fourth-order valence-electron chi connectivity index (χ4n) is 3.18. The second-order valence-electron chi connectivity index (χ2n) is 6.34. The lowest BCUT2D eigenvalue weighted by Gasteiger charge is -2.16. The van der Waals surface area contributed by atoms with Gasteiger partial charge in [-0.05, 0) is 38.0 Å². The van der Waals surface area contributed by atoms with E-state index in [1.54, 1.807) is 0 Å². The second-order valence-corrected chi connectivity index (χ2v) is 6.34. The van der Waals surface area contributed by atoms with Gasteiger partial charge < -0.3 is 9.42 Å². The number of rotatable bonds is 3. The van der Waals surface area contributed by atoms with Crippen LogP contribution in [0.1, 0.15) is 28.8 Å². The maximum atomic E-state index is 12.8. The van der Waals surface area contributed by atoms with Crippen molar-refractivity contribution in [1.29, 1.82) is 0 Å². The summed E-state index contributed by atoms with van der Waals surface area (Å²) in [6, 6.07) is 15.4. The minimum atomic E-state index is 0.0309. The summed E-state index contributed by atoms with van der Waals surface area (Å²) in [4.78, 5) is 19.2. The van der Waals surface area contributed by atoms with Gasteiger partial charge in [0.25, 0.3) is 11.8 Å². The molecule has 2 aromatic carbocycles. The van der Waals surface area contributed by atoms with E-state index in [1.165, 1.54) is 0 Å². The highest BCUT2D eigenvalue weighted by molar-refractivity contribution is 6.00. The summed E-state index contributed by atoms with van der Waals surface area (Å²) in [5.74, 6) is 0.935. The molecule has 25 heavy (non-hydrogen) atoms. The minimum absolute atomic E-state index is 0.0309. The molecule has 0 atom stereocenters. The zero-order chi connectivity index (χ0) is 17.2. The van der Waals surface area contributed by atoms with Crippen molar-refractivity contribution in [1.82, 2.24) is 15.0 Å². The lowest BCUT2D eigenvalue weighted by molar-refractivity contribution is 0.0793. The third-order valence-corrected chi connectivity index (χ3v) is 4.48. The van der Waals surface area contributed by atoms with Crippen molar-refractivity contribution >= 4 is 5.91 Å². The molecule has 1 aliphatic heterocycles. The van der Waals surface area contributed by atoms with Gasteiger partial charge in [0.05, 0.1) is 11.1 Å². The topological polar surface area (TPSA) is 59.2 Å². The number of hydrogen-bond acceptors (Lipinski definition) is 4. The average molecular weight is 333 g/mol. The van der Waals surface area contributed by atoms with E-state index in [0.717, 1.165) is 37.1 Å². The van der Waals surface area contributed by atoms with E-state index in [4.69, 9.17) is 4.52 Å². The van der Waals surface area contributed by atoms with E-state index in [-0.39, 0.29) is 5.91 Å². The molecule has 0 unspecified atom stereocenters. The molecule has 126 valence electrons. The fourth-order valence-corrected chi connectivity index (χ4v) is 3.18. The molecule has 4 rings (SSSR count). The van der Waals surface area contributed by atoms with Crippen molar-refractivity contribution in [3.63, 3.8) is 0 Å². The lowest BCUT2D eigenvalue weighted by Crippen LogP contribution is -2.28. The quantitative estimate of drug-likeness (QED) is 0.728. The zero-order valence-corrected chi connectivity index (χ0v) is 14.1. The smallest absolute Gasteiger partial charge is 0.259 e. The molecule has 1 aliphatic rings. The minimum Gasteiger partial charge on any atom is -0.339 e. The van der Waals surface area contributed by atoms with Crippen LogP contribution in [0.25, 0.3) is 22.8 Å². The van der Waals surface area contributed by atoms with Crippen LogP contribution < -0.4 is 0 Å². The van der Waals surface area contributed by atoms with Gasteiger partial charge in [-0.25, -0.2) is 0 Å². The standard InChI is InChI=1S/C20H19N3O2/c1-14-7-6-8-15(13-14)18-21-19(25-22-18)16-9-2-3-10-17(16)20(24)23-11-4-5-12-23/h2-3,6-10,13H,4-5,11-12H2,1H3. The van der Waals surface area contributed by atoms with Crippen LogP contribution in [0.15, 0.2) is 53.1 Å². The Bertz CT molecular complexity index is 911. The van der Waals surface area contributed by atoms with Crippen molar-refractivity contribution < 1.29 is 9.32 Å². The molecule has 2 heterocycles. The Hall–Kier alpha value is -2.95. The Morgan fingerprint density at radius 3 is 2.68 bits per heavy atom. The Morgan fingerprint density at radius 2 is 1.88 bits per heavy atom. The predicted octanol–water partition coefficient (Wildman–Crippen LogP) is 3.95. The third-order valence-electron chi connectivity index (χ3n) is 4.48. The number of aryl methyl sites for hydroxylation is 1. The van der Waals surface area contributed by atoms with Crippen molar-refractivity contribution in [3.05, 3.63) is 59.7 Å². The summed E-state index contributed by atoms with van der Waals surface area (Å²) in [6.07, 6.45) is 2.12. The first-order valence-electron chi connectivity index (χ1n) is 8.52. The van der Waals surface area contributed by atoms with Crippen LogP contribution in [0.5, 0.6) is 0 Å². The van der Waals surface area contributed by atoms with Gasteiger partial charge in [0.15, 0.2) is 0 Å². The summed E-state index contributed by atoms with van der Waals surface area (Å²) in [6.45, 7) is 3.64. The van der Waals surface area contributed by atoms with Crippen LogP contribution in [0.2, 0.25) is 0 Å². The SMILES string of the molecule is Cc1cccc(-c2noc(-c3ccccc3C(=O)N3CCCC3)n2)c1. The molecule has 0 bridgehead atoms. The Labute approximate surface area is 146 Å². The molecule has 0 N–H and O–H groups in total. The molecule has 1 fully saturated rings. The van der Waals surface area contributed by atoms with E-state index >= 15 is 0 Å². The number of likely N-dealkylation sites (tertiary alicyclic amines) is 1. The molecule has 0 saturated carbocycles. The maximum absolute atomic E-state index is 12.8. The van der Waals surface area contributed by atoms with Gasteiger partial charge >= 0.3 is 0 Å². The van der Waals surface area contributed by atoms with Crippen LogP contribution in [0.3, 0.4) is 0 Å². The van der Waals surface area contributed by atoms with E-state index in [2.05, 4.69) is 10.1 Å². The van der Waals surface area contributed by atoms with Crippen LogP contribution in [0, 0.1) is 6.92 Å². The van der Waals surface area contributed by atoms with Crippen LogP contribution >= 0.6 is 0 Å². The Balaban J connectivity index is 1.70. The van der Waals surface area contributed by atoms with E-state index in [0.29, 0.717) is 22.8 Å². The molecule has 0 aliphatic carbocycles. The normalized spacial score (nSPS) is 14.0. The largest absolute Gasteiger partial charge is 0.339 e. The monoisotopic (exact) mass is 333 g/mol. The Kier molecular flexibility index (Phi) is 4.06. The molecule has 3 aromatic rings. The molecule has 1 amide bonds. The average Bonchev–Trinajstić information content (AvgIpc) is 3.33. The van der Waals surface area contributed by atoms with Crippen molar-refractivity contribution in [2.45, 2.75) is 19.8 Å². The highest BCUT2D eigenvalue weighted by Gasteiger charge is 2.24. The summed E-state index contributed by atoms with van der Waals surface area (Å²) >= 11 is 0.